The highest BCUT2D eigenvalue weighted by molar-refractivity contribution is 7.90. The molecule has 1 aromatic carbocycles. The molecule has 0 aliphatic carbocycles. The number of furan rings is 1. The number of rotatable bonds is 14. The molecule has 0 aliphatic rings. The van der Waals surface area contributed by atoms with Gasteiger partial charge in [-0.2, -0.15) is 0 Å². The maximum atomic E-state index is 12.5. The van der Waals surface area contributed by atoms with Crippen LogP contribution >= 0.6 is 0 Å². The fraction of sp³-hybridized carbons (Fsp3) is 0.417. The molecular weight excluding hydrogens is 504 g/mol. The van der Waals surface area contributed by atoms with Gasteiger partial charge < -0.3 is 15.1 Å². The van der Waals surface area contributed by atoms with Crippen LogP contribution in [0.3, 0.4) is 0 Å². The van der Waals surface area contributed by atoms with E-state index in [1.54, 1.807) is 6.07 Å². The zero-order valence-electron chi connectivity index (χ0n) is 20.7. The van der Waals surface area contributed by atoms with Crippen molar-refractivity contribution < 1.29 is 37.2 Å². The van der Waals surface area contributed by atoms with Crippen molar-refractivity contribution in [3.63, 3.8) is 0 Å². The average molecular weight is 537 g/mol. The molecule has 0 fully saturated rings. The summed E-state index contributed by atoms with van der Waals surface area (Å²) in [5.74, 6) is -2.88. The Morgan fingerprint density at radius 1 is 1.00 bits per heavy atom. The fourth-order valence-corrected chi connectivity index (χ4v) is 4.49. The van der Waals surface area contributed by atoms with Gasteiger partial charge in [0.15, 0.2) is 5.76 Å². The molecule has 0 saturated carbocycles. The van der Waals surface area contributed by atoms with Crippen LogP contribution in [0.1, 0.15) is 62.9 Å². The Morgan fingerprint density at radius 3 is 2.43 bits per heavy atom. The standard InChI is InChI=1S/C24H32N4O8S/c1-3-5-6-8-17(14-22(30)27-33)23(31)25-15-26-24(32)20-12-11-19(36-20)16-9-7-10-18(13-16)37(34,35)28-21(29)4-2/h7,9-13,17,33H,3-6,8,14-15H2,1-2H3,(H,25,31)(H,26,32)(H,27,30)(H,28,29)/t17-/m1/s1. The van der Waals surface area contributed by atoms with Gasteiger partial charge in [0.2, 0.25) is 17.7 Å². The van der Waals surface area contributed by atoms with Crippen molar-refractivity contribution in [2.45, 2.75) is 57.3 Å². The van der Waals surface area contributed by atoms with E-state index >= 15 is 0 Å². The number of amides is 4. The number of carbonyl (C=O) groups excluding carboxylic acids is 4. The quantitative estimate of drug-likeness (QED) is 0.105. The van der Waals surface area contributed by atoms with E-state index in [1.165, 1.54) is 42.7 Å². The maximum absolute atomic E-state index is 12.5. The minimum Gasteiger partial charge on any atom is -0.451 e. The minimum absolute atomic E-state index is 0.00748. The summed E-state index contributed by atoms with van der Waals surface area (Å²) in [4.78, 5) is 47.8. The van der Waals surface area contributed by atoms with Crippen molar-refractivity contribution >= 4 is 33.7 Å². The van der Waals surface area contributed by atoms with Gasteiger partial charge in [-0.15, -0.1) is 0 Å². The molecule has 2 rings (SSSR count). The number of hydrogen-bond donors (Lipinski definition) is 5. The van der Waals surface area contributed by atoms with Crippen LogP contribution in [-0.2, 0) is 24.4 Å². The third-order valence-electron chi connectivity index (χ3n) is 5.42. The molecule has 0 unspecified atom stereocenters. The lowest BCUT2D eigenvalue weighted by atomic mass is 9.96. The monoisotopic (exact) mass is 536 g/mol. The molecule has 1 atom stereocenters. The molecule has 37 heavy (non-hydrogen) atoms. The third-order valence-corrected chi connectivity index (χ3v) is 6.79. The first-order valence-electron chi connectivity index (χ1n) is 11.9. The smallest absolute Gasteiger partial charge is 0.288 e. The number of hydrogen-bond acceptors (Lipinski definition) is 8. The number of carbonyl (C=O) groups is 4. The highest BCUT2D eigenvalue weighted by Gasteiger charge is 2.22. The van der Waals surface area contributed by atoms with E-state index in [0.717, 1.165) is 19.3 Å². The van der Waals surface area contributed by atoms with E-state index < -0.39 is 39.6 Å². The van der Waals surface area contributed by atoms with E-state index in [9.17, 15) is 27.6 Å². The van der Waals surface area contributed by atoms with Gasteiger partial charge >= 0.3 is 0 Å². The Hall–Kier alpha value is -3.71. The van der Waals surface area contributed by atoms with E-state index in [1.807, 2.05) is 11.6 Å². The normalized spacial score (nSPS) is 11.9. The van der Waals surface area contributed by atoms with Gasteiger partial charge in [-0.05, 0) is 30.7 Å². The second-order valence-electron chi connectivity index (χ2n) is 8.23. The minimum atomic E-state index is -4.06. The van der Waals surface area contributed by atoms with Crippen LogP contribution in [0.4, 0.5) is 0 Å². The average Bonchev–Trinajstić information content (AvgIpc) is 3.38. The lowest BCUT2D eigenvalue weighted by Gasteiger charge is -2.16. The number of sulfonamides is 1. The van der Waals surface area contributed by atoms with Gasteiger partial charge in [-0.1, -0.05) is 45.2 Å². The number of nitrogens with one attached hydrogen (secondary N) is 4. The molecule has 0 saturated heterocycles. The molecule has 0 aliphatic heterocycles. The lowest BCUT2D eigenvalue weighted by Crippen LogP contribution is -2.41. The molecule has 0 bridgehead atoms. The summed E-state index contributed by atoms with van der Waals surface area (Å²) in [6.45, 7) is 3.32. The predicted octanol–water partition coefficient (Wildman–Crippen LogP) is 2.06. The van der Waals surface area contributed by atoms with Crippen LogP contribution in [0.5, 0.6) is 0 Å². The molecule has 2 aromatic rings. The zero-order valence-corrected chi connectivity index (χ0v) is 21.5. The number of unbranched alkanes of at least 4 members (excludes halogenated alkanes) is 2. The summed E-state index contributed by atoms with van der Waals surface area (Å²) in [5, 5.41) is 13.8. The Balaban J connectivity index is 2.00. The van der Waals surface area contributed by atoms with E-state index in [0.29, 0.717) is 12.0 Å². The lowest BCUT2D eigenvalue weighted by molar-refractivity contribution is -0.135. The van der Waals surface area contributed by atoms with Crippen molar-refractivity contribution in [3.8, 4) is 11.3 Å². The third kappa shape index (κ3) is 9.03. The summed E-state index contributed by atoms with van der Waals surface area (Å²) in [6.07, 6.45) is 2.86. The van der Waals surface area contributed by atoms with Crippen molar-refractivity contribution in [1.82, 2.24) is 20.8 Å². The van der Waals surface area contributed by atoms with Crippen LogP contribution in [0.15, 0.2) is 45.7 Å². The van der Waals surface area contributed by atoms with Gasteiger partial charge in [-0.25, -0.2) is 18.6 Å². The van der Waals surface area contributed by atoms with Crippen molar-refractivity contribution in [3.05, 3.63) is 42.2 Å². The van der Waals surface area contributed by atoms with E-state index in [-0.39, 0.29) is 35.9 Å². The Bertz CT molecular complexity index is 1210. The van der Waals surface area contributed by atoms with E-state index in [2.05, 4.69) is 10.6 Å². The molecule has 12 nitrogen and oxygen atoms in total. The van der Waals surface area contributed by atoms with Gasteiger partial charge in [0.25, 0.3) is 15.9 Å². The summed E-state index contributed by atoms with van der Waals surface area (Å²) in [7, 11) is -4.06. The number of benzene rings is 1. The number of hydroxylamine groups is 1. The summed E-state index contributed by atoms with van der Waals surface area (Å²) >= 11 is 0. The highest BCUT2D eigenvalue weighted by Crippen LogP contribution is 2.25. The second-order valence-corrected chi connectivity index (χ2v) is 9.91. The van der Waals surface area contributed by atoms with Gasteiger partial charge in [0.1, 0.15) is 5.76 Å². The van der Waals surface area contributed by atoms with Crippen molar-refractivity contribution in [1.29, 1.82) is 0 Å². The fourth-order valence-electron chi connectivity index (χ4n) is 3.39. The molecule has 5 N–H and O–H groups in total. The molecule has 0 spiro atoms. The first kappa shape index (κ1) is 29.5. The predicted molar refractivity (Wildman–Crippen MR) is 132 cm³/mol. The first-order chi connectivity index (χ1) is 17.6. The first-order valence-corrected chi connectivity index (χ1v) is 13.3. The molecular formula is C24H32N4O8S. The maximum Gasteiger partial charge on any atom is 0.288 e. The van der Waals surface area contributed by atoms with Crippen LogP contribution in [0, 0.1) is 5.92 Å². The highest BCUT2D eigenvalue weighted by atomic mass is 32.2. The molecule has 202 valence electrons. The van der Waals surface area contributed by atoms with E-state index in [4.69, 9.17) is 9.62 Å². The topological polar surface area (TPSA) is 184 Å². The molecule has 1 heterocycles. The zero-order chi connectivity index (χ0) is 27.4. The summed E-state index contributed by atoms with van der Waals surface area (Å²) < 4.78 is 32.3. The SMILES string of the molecule is CCCCC[C@H](CC(=O)NO)C(=O)NCNC(=O)c1ccc(-c2cccc(S(=O)(=O)NC(=O)CC)c2)o1. The molecule has 13 heteroatoms. The van der Waals surface area contributed by atoms with Gasteiger partial charge in [0, 0.05) is 24.3 Å². The summed E-state index contributed by atoms with van der Waals surface area (Å²) in [6, 6.07) is 8.59. The Labute approximate surface area is 215 Å². The summed E-state index contributed by atoms with van der Waals surface area (Å²) in [5.41, 5.74) is 1.89. The van der Waals surface area contributed by atoms with Gasteiger partial charge in [0.05, 0.1) is 11.6 Å². The van der Waals surface area contributed by atoms with Crippen LogP contribution in [0.25, 0.3) is 11.3 Å². The Morgan fingerprint density at radius 2 is 1.76 bits per heavy atom. The van der Waals surface area contributed by atoms with Gasteiger partial charge in [-0.3, -0.25) is 24.4 Å². The van der Waals surface area contributed by atoms with Crippen LogP contribution in [0.2, 0.25) is 0 Å². The van der Waals surface area contributed by atoms with Crippen molar-refractivity contribution in [2.75, 3.05) is 6.67 Å². The molecule has 0 radical (unpaired) electrons. The largest absolute Gasteiger partial charge is 0.451 e. The van der Waals surface area contributed by atoms with Crippen LogP contribution < -0.4 is 20.8 Å². The van der Waals surface area contributed by atoms with Crippen molar-refractivity contribution in [2.24, 2.45) is 5.92 Å². The van der Waals surface area contributed by atoms with Crippen LogP contribution in [-0.4, -0.2) is 43.9 Å². The molecule has 1 aromatic heterocycles. The molecule has 4 amide bonds. The second kappa shape index (κ2) is 14.1. The Kier molecular flexibility index (Phi) is 11.3.